The van der Waals surface area contributed by atoms with E-state index >= 15 is 0 Å². The Hall–Kier alpha value is -1.69. The van der Waals surface area contributed by atoms with E-state index in [1.807, 2.05) is 0 Å². The molecule has 0 aliphatic carbocycles. The predicted octanol–water partition coefficient (Wildman–Crippen LogP) is 0.990. The highest BCUT2D eigenvalue weighted by molar-refractivity contribution is 5.77. The number of hydrogen-bond donors (Lipinski definition) is 2. The molecule has 4 nitrogen and oxygen atoms in total. The summed E-state index contributed by atoms with van der Waals surface area (Å²) in [5, 5.41) is 2.69. The molecule has 2 amide bonds. The van der Waals surface area contributed by atoms with Crippen molar-refractivity contribution in [3.63, 3.8) is 0 Å². The molecule has 1 aromatic carbocycles. The second-order valence-electron chi connectivity index (χ2n) is 3.91. The molecule has 1 aliphatic rings. The molecule has 1 heterocycles. The third-order valence-corrected chi connectivity index (χ3v) is 2.73. The summed E-state index contributed by atoms with van der Waals surface area (Å²) in [7, 11) is 0. The number of carbonyl (C=O) groups excluding carboxylic acids is 1. The van der Waals surface area contributed by atoms with Crippen LogP contribution in [0.3, 0.4) is 0 Å². The van der Waals surface area contributed by atoms with Gasteiger partial charge in [-0.2, -0.15) is 0 Å². The van der Waals surface area contributed by atoms with Crippen molar-refractivity contribution < 1.29 is 13.6 Å². The Kier molecular flexibility index (Phi) is 3.23. The van der Waals surface area contributed by atoms with Crippen LogP contribution in [0.2, 0.25) is 0 Å². The van der Waals surface area contributed by atoms with Crippen molar-refractivity contribution in [3.05, 3.63) is 35.4 Å². The van der Waals surface area contributed by atoms with Gasteiger partial charge in [-0.3, -0.25) is 0 Å². The van der Waals surface area contributed by atoms with Crippen LogP contribution >= 0.6 is 0 Å². The van der Waals surface area contributed by atoms with Crippen LogP contribution in [0.25, 0.3) is 0 Å². The van der Waals surface area contributed by atoms with Gasteiger partial charge < -0.3 is 16.0 Å². The third kappa shape index (κ3) is 2.36. The van der Waals surface area contributed by atoms with Gasteiger partial charge in [0.1, 0.15) is 0 Å². The van der Waals surface area contributed by atoms with Crippen molar-refractivity contribution in [2.75, 3.05) is 19.6 Å². The summed E-state index contributed by atoms with van der Waals surface area (Å²) >= 11 is 0. The highest BCUT2D eigenvalue weighted by atomic mass is 19.2. The van der Waals surface area contributed by atoms with E-state index in [1.165, 1.54) is 6.07 Å². The van der Waals surface area contributed by atoms with Gasteiger partial charge in [0.05, 0.1) is 6.04 Å². The van der Waals surface area contributed by atoms with Crippen LogP contribution in [-0.4, -0.2) is 30.6 Å². The van der Waals surface area contributed by atoms with Gasteiger partial charge in [0, 0.05) is 19.6 Å². The zero-order valence-corrected chi connectivity index (χ0v) is 9.12. The lowest BCUT2D eigenvalue weighted by Crippen LogP contribution is -2.32. The molecule has 17 heavy (non-hydrogen) atoms. The number of hydrogen-bond acceptors (Lipinski definition) is 2. The fourth-order valence-electron chi connectivity index (χ4n) is 1.86. The molecule has 1 atom stereocenters. The summed E-state index contributed by atoms with van der Waals surface area (Å²) in [6.45, 7) is 1.24. The number of nitrogens with zero attached hydrogens (tertiary/aromatic N) is 1. The smallest absolute Gasteiger partial charge is 0.318 e. The van der Waals surface area contributed by atoms with Crippen LogP contribution in [0.4, 0.5) is 13.6 Å². The summed E-state index contributed by atoms with van der Waals surface area (Å²) in [5.74, 6) is -1.80. The summed E-state index contributed by atoms with van der Waals surface area (Å²) in [6.07, 6.45) is 0. The average Bonchev–Trinajstić information content (AvgIpc) is 2.65. The molecule has 0 bridgehead atoms. The van der Waals surface area contributed by atoms with E-state index in [2.05, 4.69) is 5.32 Å². The third-order valence-electron chi connectivity index (χ3n) is 2.73. The van der Waals surface area contributed by atoms with Crippen LogP contribution in [0.15, 0.2) is 18.2 Å². The van der Waals surface area contributed by atoms with Gasteiger partial charge in [0.2, 0.25) is 0 Å². The molecule has 1 aliphatic heterocycles. The minimum absolute atomic E-state index is 0.231. The Morgan fingerprint density at radius 2 is 2.18 bits per heavy atom. The number of urea groups is 1. The number of halogens is 2. The molecular weight excluding hydrogens is 228 g/mol. The van der Waals surface area contributed by atoms with E-state index in [9.17, 15) is 13.6 Å². The maximum absolute atomic E-state index is 13.1. The number of carbonyl (C=O) groups is 1. The van der Waals surface area contributed by atoms with Crippen molar-refractivity contribution in [1.82, 2.24) is 10.2 Å². The van der Waals surface area contributed by atoms with Crippen LogP contribution in [0.1, 0.15) is 11.6 Å². The normalized spacial score (nSPS) is 19.6. The number of rotatable bonds is 3. The van der Waals surface area contributed by atoms with E-state index in [4.69, 9.17) is 5.73 Å². The van der Waals surface area contributed by atoms with Gasteiger partial charge in [0.25, 0.3) is 0 Å². The molecule has 0 radical (unpaired) electrons. The first-order valence-electron chi connectivity index (χ1n) is 5.32. The molecule has 92 valence electrons. The lowest BCUT2D eigenvalue weighted by molar-refractivity contribution is 0.218. The predicted molar refractivity (Wildman–Crippen MR) is 58.3 cm³/mol. The Bertz CT molecular complexity index is 439. The Labute approximate surface area is 97.4 Å². The van der Waals surface area contributed by atoms with Crippen molar-refractivity contribution in [2.24, 2.45) is 5.73 Å². The molecule has 0 spiro atoms. The van der Waals surface area contributed by atoms with E-state index in [1.54, 1.807) is 4.90 Å². The molecule has 0 saturated carbocycles. The molecule has 1 saturated heterocycles. The fourth-order valence-corrected chi connectivity index (χ4v) is 1.86. The van der Waals surface area contributed by atoms with Gasteiger partial charge in [-0.15, -0.1) is 0 Å². The maximum atomic E-state index is 13.1. The zero-order chi connectivity index (χ0) is 12.4. The molecule has 6 heteroatoms. The molecule has 1 aromatic rings. The van der Waals surface area contributed by atoms with Crippen LogP contribution in [0, 0.1) is 11.6 Å². The van der Waals surface area contributed by atoms with Crippen molar-refractivity contribution in [2.45, 2.75) is 6.04 Å². The Balaban J connectivity index is 2.14. The van der Waals surface area contributed by atoms with Crippen molar-refractivity contribution in [3.8, 4) is 0 Å². The minimum Gasteiger partial charge on any atom is -0.329 e. The molecule has 2 rings (SSSR count). The molecule has 1 fully saturated rings. The highest BCUT2D eigenvalue weighted by Crippen LogP contribution is 2.21. The van der Waals surface area contributed by atoms with E-state index < -0.39 is 11.6 Å². The second-order valence-corrected chi connectivity index (χ2v) is 3.91. The summed E-state index contributed by atoms with van der Waals surface area (Å²) < 4.78 is 25.8. The quantitative estimate of drug-likeness (QED) is 0.829. The first-order chi connectivity index (χ1) is 8.11. The van der Waals surface area contributed by atoms with Gasteiger partial charge in [-0.1, -0.05) is 6.07 Å². The summed E-state index contributed by atoms with van der Waals surface area (Å²) in [5.41, 5.74) is 5.92. The van der Waals surface area contributed by atoms with Gasteiger partial charge in [0.15, 0.2) is 11.6 Å². The second kappa shape index (κ2) is 4.67. The monoisotopic (exact) mass is 241 g/mol. The van der Waals surface area contributed by atoms with Gasteiger partial charge in [-0.05, 0) is 17.7 Å². The lowest BCUT2D eigenvalue weighted by atomic mass is 10.1. The first-order valence-corrected chi connectivity index (χ1v) is 5.32. The standard InChI is InChI=1S/C11H13F2N3O/c12-8-2-1-7(5-9(8)13)10-6-16(4-3-14)11(17)15-10/h1-2,5,10H,3-4,6,14H2,(H,15,17). The van der Waals surface area contributed by atoms with Crippen LogP contribution in [-0.2, 0) is 0 Å². The molecular formula is C11H13F2N3O. The number of nitrogens with two attached hydrogens (primary N) is 1. The average molecular weight is 241 g/mol. The zero-order valence-electron chi connectivity index (χ0n) is 9.12. The first kappa shape index (κ1) is 11.8. The highest BCUT2D eigenvalue weighted by Gasteiger charge is 2.29. The van der Waals surface area contributed by atoms with Crippen LogP contribution in [0.5, 0.6) is 0 Å². The minimum atomic E-state index is -0.908. The van der Waals surface area contributed by atoms with Crippen molar-refractivity contribution >= 4 is 6.03 Å². The number of nitrogens with one attached hydrogen (secondary N) is 1. The number of amides is 2. The van der Waals surface area contributed by atoms with E-state index in [0.717, 1.165) is 12.1 Å². The van der Waals surface area contributed by atoms with E-state index in [0.29, 0.717) is 25.2 Å². The molecule has 3 N–H and O–H groups in total. The van der Waals surface area contributed by atoms with Crippen molar-refractivity contribution in [1.29, 1.82) is 0 Å². The Morgan fingerprint density at radius 1 is 1.41 bits per heavy atom. The largest absolute Gasteiger partial charge is 0.329 e. The SMILES string of the molecule is NCCN1CC(c2ccc(F)c(F)c2)NC1=O. The summed E-state index contributed by atoms with van der Waals surface area (Å²) in [6, 6.07) is 3.08. The van der Waals surface area contributed by atoms with Crippen LogP contribution < -0.4 is 11.1 Å². The fraction of sp³-hybridized carbons (Fsp3) is 0.364. The number of benzene rings is 1. The maximum Gasteiger partial charge on any atom is 0.318 e. The molecule has 0 aromatic heterocycles. The lowest BCUT2D eigenvalue weighted by Gasteiger charge is -2.13. The summed E-state index contributed by atoms with van der Waals surface area (Å²) in [4.78, 5) is 13.0. The van der Waals surface area contributed by atoms with E-state index in [-0.39, 0.29) is 12.1 Å². The van der Waals surface area contributed by atoms with Gasteiger partial charge >= 0.3 is 6.03 Å². The Morgan fingerprint density at radius 3 is 2.82 bits per heavy atom. The molecule has 1 unspecified atom stereocenters. The topological polar surface area (TPSA) is 58.4 Å². The van der Waals surface area contributed by atoms with Gasteiger partial charge in [-0.25, -0.2) is 13.6 Å².